The molecule has 1 aromatic rings. The van der Waals surface area contributed by atoms with Crippen molar-refractivity contribution < 1.29 is 4.57 Å². The van der Waals surface area contributed by atoms with Crippen molar-refractivity contribution in [3.8, 4) is 0 Å². The molecule has 0 aliphatic carbocycles. The normalized spacial score (nSPS) is 13.7. The fourth-order valence-corrected chi connectivity index (χ4v) is 3.77. The van der Waals surface area contributed by atoms with Gasteiger partial charge in [0.2, 0.25) is 0 Å². The molecule has 0 aliphatic heterocycles. The van der Waals surface area contributed by atoms with E-state index in [4.69, 9.17) is 22.5 Å². The molecular weight excluding hydrogens is 298 g/mol. The first-order chi connectivity index (χ1) is 8.32. The molecular formula is C15H23Cl2OP. The number of hydrogen-bond donors (Lipinski definition) is 0. The van der Waals surface area contributed by atoms with Gasteiger partial charge >= 0.3 is 0 Å². The first kappa shape index (κ1) is 17.1. The largest absolute Gasteiger partial charge is 0.289 e. The lowest BCUT2D eigenvalue weighted by atomic mass is 9.77. The Labute approximate surface area is 126 Å². The average Bonchev–Trinajstić information content (AvgIpc) is 2.11. The fraction of sp³-hybridized carbons (Fsp3) is 0.600. The number of hydrogen-bond acceptors (Lipinski definition) is 1. The van der Waals surface area contributed by atoms with Crippen LogP contribution in [0.3, 0.4) is 0 Å². The summed E-state index contributed by atoms with van der Waals surface area (Å²) >= 11 is 11.7. The van der Waals surface area contributed by atoms with Crippen LogP contribution in [0.15, 0.2) is 18.2 Å². The molecule has 108 valence electrons. The van der Waals surface area contributed by atoms with E-state index >= 15 is 0 Å². The summed E-state index contributed by atoms with van der Waals surface area (Å²) in [6.07, 6.45) is 0.232. The van der Waals surface area contributed by atoms with Gasteiger partial charge in [-0.25, -0.2) is 0 Å². The second-order valence-corrected chi connectivity index (χ2v) is 12.3. The van der Waals surface area contributed by atoms with Gasteiger partial charge in [-0.15, -0.1) is 0 Å². The molecule has 0 N–H and O–H groups in total. The second kappa shape index (κ2) is 5.43. The molecule has 0 amide bonds. The highest BCUT2D eigenvalue weighted by molar-refractivity contribution is 8.08. The summed E-state index contributed by atoms with van der Waals surface area (Å²) < 4.78 is 11.9. The third-order valence-corrected chi connectivity index (χ3v) is 4.54. The highest BCUT2D eigenvalue weighted by Crippen LogP contribution is 2.60. The van der Waals surface area contributed by atoms with E-state index < -0.39 is 5.85 Å². The molecule has 1 rings (SSSR count). The van der Waals surface area contributed by atoms with Crippen molar-refractivity contribution in [1.29, 1.82) is 0 Å². The first-order valence-electron chi connectivity index (χ1n) is 6.43. The Morgan fingerprint density at radius 1 is 0.947 bits per heavy atom. The van der Waals surface area contributed by atoms with E-state index in [1.165, 1.54) is 11.1 Å². The minimum atomic E-state index is -3.14. The zero-order chi connectivity index (χ0) is 15.1. The molecule has 0 saturated heterocycles. The lowest BCUT2D eigenvalue weighted by Gasteiger charge is -2.30. The quantitative estimate of drug-likeness (QED) is 0.572. The standard InChI is InChI=1S/C15H23Cl2OP/c1-14(2,3)12-8-7-9-13(15(4,5)6)11(12)10-19(16,17)18/h7-9H,10H2,1-6H3. The Hall–Kier alpha value is 0.0300. The maximum Gasteiger partial charge on any atom is 0.257 e. The van der Waals surface area contributed by atoms with E-state index in [0.29, 0.717) is 0 Å². The van der Waals surface area contributed by atoms with Gasteiger partial charge in [-0.3, -0.25) is 4.57 Å². The Bertz CT molecular complexity index is 472. The van der Waals surface area contributed by atoms with Crippen LogP contribution >= 0.6 is 28.3 Å². The van der Waals surface area contributed by atoms with Crippen molar-refractivity contribution in [2.24, 2.45) is 0 Å². The predicted octanol–water partition coefficient (Wildman–Crippen LogP) is 6.45. The van der Waals surface area contributed by atoms with Crippen LogP contribution in [-0.4, -0.2) is 0 Å². The second-order valence-electron chi connectivity index (χ2n) is 7.06. The smallest absolute Gasteiger partial charge is 0.257 e. The summed E-state index contributed by atoms with van der Waals surface area (Å²) in [6.45, 7) is 12.9. The number of benzene rings is 1. The molecule has 0 saturated carbocycles. The highest BCUT2D eigenvalue weighted by atomic mass is 35.9. The summed E-state index contributed by atoms with van der Waals surface area (Å²) in [7, 11) is 0. The van der Waals surface area contributed by atoms with Gasteiger partial charge in [0, 0.05) is 0 Å². The number of halogens is 2. The molecule has 0 atom stereocenters. The van der Waals surface area contributed by atoms with Crippen LogP contribution in [0.1, 0.15) is 58.2 Å². The molecule has 0 aliphatic rings. The van der Waals surface area contributed by atoms with Gasteiger partial charge in [0.25, 0.3) is 5.85 Å². The topological polar surface area (TPSA) is 17.1 Å². The van der Waals surface area contributed by atoms with Crippen LogP contribution in [0.5, 0.6) is 0 Å². The molecule has 0 bridgehead atoms. The first-order valence-corrected chi connectivity index (χ1v) is 10.1. The van der Waals surface area contributed by atoms with Gasteiger partial charge in [0.15, 0.2) is 0 Å². The van der Waals surface area contributed by atoms with Crippen LogP contribution in [0.25, 0.3) is 0 Å². The predicted molar refractivity (Wildman–Crippen MR) is 86.9 cm³/mol. The Morgan fingerprint density at radius 2 is 1.32 bits per heavy atom. The Kier molecular flexibility index (Phi) is 4.88. The third kappa shape index (κ3) is 4.81. The molecule has 4 heteroatoms. The van der Waals surface area contributed by atoms with Crippen molar-refractivity contribution in [2.45, 2.75) is 58.5 Å². The third-order valence-electron chi connectivity index (χ3n) is 3.13. The number of rotatable bonds is 2. The maximum absolute atomic E-state index is 11.9. The van der Waals surface area contributed by atoms with E-state index in [0.717, 1.165) is 5.56 Å². The van der Waals surface area contributed by atoms with Crippen LogP contribution in [0, 0.1) is 0 Å². The maximum atomic E-state index is 11.9. The molecule has 0 heterocycles. The van der Waals surface area contributed by atoms with Crippen molar-refractivity contribution in [3.05, 3.63) is 34.9 Å². The zero-order valence-corrected chi connectivity index (χ0v) is 15.0. The molecule has 0 unspecified atom stereocenters. The van der Waals surface area contributed by atoms with Crippen molar-refractivity contribution in [2.75, 3.05) is 0 Å². The SMILES string of the molecule is CC(C)(C)c1cccc(C(C)(C)C)c1CP(=O)(Cl)Cl. The monoisotopic (exact) mass is 320 g/mol. The van der Waals surface area contributed by atoms with E-state index in [1.807, 2.05) is 0 Å². The van der Waals surface area contributed by atoms with Gasteiger partial charge in [-0.05, 0) is 50.0 Å². The van der Waals surface area contributed by atoms with E-state index in [9.17, 15) is 4.57 Å². The van der Waals surface area contributed by atoms with Crippen molar-refractivity contribution in [3.63, 3.8) is 0 Å². The van der Waals surface area contributed by atoms with Crippen LogP contribution in [0.4, 0.5) is 0 Å². The van der Waals surface area contributed by atoms with Crippen molar-refractivity contribution >= 4 is 28.3 Å². The van der Waals surface area contributed by atoms with Gasteiger partial charge in [0.05, 0.1) is 6.16 Å². The van der Waals surface area contributed by atoms with Crippen LogP contribution < -0.4 is 0 Å². The molecule has 0 spiro atoms. The summed E-state index contributed by atoms with van der Waals surface area (Å²) in [5.74, 6) is -3.14. The van der Waals surface area contributed by atoms with E-state index in [-0.39, 0.29) is 17.0 Å². The van der Waals surface area contributed by atoms with Gasteiger partial charge in [0.1, 0.15) is 0 Å². The van der Waals surface area contributed by atoms with Crippen LogP contribution in [-0.2, 0) is 21.6 Å². The van der Waals surface area contributed by atoms with Gasteiger partial charge in [-0.2, -0.15) is 0 Å². The van der Waals surface area contributed by atoms with Crippen molar-refractivity contribution in [1.82, 2.24) is 0 Å². The Balaban J connectivity index is 3.55. The van der Waals surface area contributed by atoms with Gasteiger partial charge < -0.3 is 0 Å². The summed E-state index contributed by atoms with van der Waals surface area (Å²) in [5.41, 5.74) is 3.32. The molecule has 19 heavy (non-hydrogen) atoms. The van der Waals surface area contributed by atoms with E-state index in [2.05, 4.69) is 59.7 Å². The zero-order valence-electron chi connectivity index (χ0n) is 12.6. The molecule has 0 fully saturated rings. The van der Waals surface area contributed by atoms with E-state index in [1.54, 1.807) is 0 Å². The van der Waals surface area contributed by atoms with Gasteiger partial charge in [-0.1, -0.05) is 59.7 Å². The molecule has 1 aromatic carbocycles. The molecule has 1 nitrogen and oxygen atoms in total. The Morgan fingerprint density at radius 3 is 1.58 bits per heavy atom. The fourth-order valence-electron chi connectivity index (χ4n) is 2.35. The minimum absolute atomic E-state index is 0.0282. The average molecular weight is 321 g/mol. The summed E-state index contributed by atoms with van der Waals surface area (Å²) in [4.78, 5) is 0. The summed E-state index contributed by atoms with van der Waals surface area (Å²) in [6, 6.07) is 6.21. The lowest BCUT2D eigenvalue weighted by Crippen LogP contribution is -2.20. The molecule has 0 aromatic heterocycles. The minimum Gasteiger partial charge on any atom is -0.289 e. The molecule has 0 radical (unpaired) electrons. The lowest BCUT2D eigenvalue weighted by molar-refractivity contribution is 0.557. The summed E-state index contributed by atoms with van der Waals surface area (Å²) in [5, 5.41) is 0. The van der Waals surface area contributed by atoms with Crippen LogP contribution in [0.2, 0.25) is 0 Å². The highest BCUT2D eigenvalue weighted by Gasteiger charge is 2.28.